The summed E-state index contributed by atoms with van der Waals surface area (Å²) in [4.78, 5) is 16.3. The molecule has 1 saturated heterocycles. The number of rotatable bonds is 6. The number of benzene rings is 1. The molecule has 0 aliphatic carbocycles. The summed E-state index contributed by atoms with van der Waals surface area (Å²) < 4.78 is 6.88. The van der Waals surface area contributed by atoms with E-state index in [1.54, 1.807) is 13.3 Å². The van der Waals surface area contributed by atoms with E-state index in [1.165, 1.54) is 11.1 Å². The Balaban J connectivity index is 1.51. The zero-order valence-corrected chi connectivity index (χ0v) is 14.8. The van der Waals surface area contributed by atoms with E-state index in [4.69, 9.17) is 4.74 Å². The van der Waals surface area contributed by atoms with Crippen molar-refractivity contribution in [3.8, 4) is 0 Å². The summed E-state index contributed by atoms with van der Waals surface area (Å²) in [6, 6.07) is 10.7. The molecule has 1 fully saturated rings. The molecule has 3 rings (SSSR count). The van der Waals surface area contributed by atoms with Crippen molar-refractivity contribution in [1.29, 1.82) is 0 Å². The first kappa shape index (κ1) is 17.6. The largest absolute Gasteiger partial charge is 0.375 e. The Morgan fingerprint density at radius 3 is 2.52 bits per heavy atom. The number of hydrogen-bond donors (Lipinski definition) is 0. The smallest absolute Gasteiger partial charge is 0.248 e. The van der Waals surface area contributed by atoms with E-state index in [9.17, 15) is 4.79 Å². The number of hydrogen-bond acceptors (Lipinski definition) is 4. The van der Waals surface area contributed by atoms with E-state index in [0.29, 0.717) is 0 Å². The average molecular weight is 342 g/mol. The van der Waals surface area contributed by atoms with Gasteiger partial charge in [0.1, 0.15) is 6.61 Å². The van der Waals surface area contributed by atoms with Crippen LogP contribution in [0.15, 0.2) is 42.7 Å². The molecule has 0 spiro atoms. The predicted molar refractivity (Wildman–Crippen MR) is 96.1 cm³/mol. The van der Waals surface area contributed by atoms with Gasteiger partial charge in [-0.2, -0.15) is 5.10 Å². The summed E-state index contributed by atoms with van der Waals surface area (Å²) in [5, 5.41) is 4.24. The molecule has 1 aromatic carbocycles. The Morgan fingerprint density at radius 2 is 1.84 bits per heavy atom. The number of nitrogens with zero attached hydrogens (tertiary/aromatic N) is 4. The molecule has 25 heavy (non-hydrogen) atoms. The molecule has 2 aromatic rings. The zero-order chi connectivity index (χ0) is 17.5. The zero-order valence-electron chi connectivity index (χ0n) is 14.8. The summed E-state index contributed by atoms with van der Waals surface area (Å²) >= 11 is 0. The van der Waals surface area contributed by atoms with Crippen LogP contribution in [0.4, 0.5) is 0 Å². The number of aromatic nitrogens is 2. The highest BCUT2D eigenvalue weighted by atomic mass is 16.5. The van der Waals surface area contributed by atoms with Gasteiger partial charge in [0.05, 0.1) is 6.54 Å². The number of carbonyl (C=O) groups excluding carboxylic acids is 1. The van der Waals surface area contributed by atoms with Crippen LogP contribution in [-0.2, 0) is 22.6 Å². The third kappa shape index (κ3) is 5.14. The van der Waals surface area contributed by atoms with Crippen molar-refractivity contribution in [1.82, 2.24) is 19.6 Å². The number of ether oxygens (including phenoxy) is 1. The maximum Gasteiger partial charge on any atom is 0.248 e. The summed E-state index contributed by atoms with van der Waals surface area (Å²) in [5.74, 6) is 0.0901. The van der Waals surface area contributed by atoms with E-state index in [2.05, 4.69) is 34.3 Å². The van der Waals surface area contributed by atoms with Gasteiger partial charge in [-0.15, -0.1) is 0 Å². The molecule has 0 bridgehead atoms. The van der Waals surface area contributed by atoms with E-state index in [1.807, 2.05) is 21.8 Å². The van der Waals surface area contributed by atoms with Crippen molar-refractivity contribution in [3.63, 3.8) is 0 Å². The fourth-order valence-electron chi connectivity index (χ4n) is 3.18. The highest BCUT2D eigenvalue weighted by molar-refractivity contribution is 5.77. The molecule has 6 nitrogen and oxygen atoms in total. The minimum absolute atomic E-state index is 0.0901. The highest BCUT2D eigenvalue weighted by Gasteiger charge is 2.18. The minimum Gasteiger partial charge on any atom is -0.375 e. The normalized spacial score (nSPS) is 16.0. The Morgan fingerprint density at radius 1 is 1.08 bits per heavy atom. The van der Waals surface area contributed by atoms with Crippen LogP contribution in [0.2, 0.25) is 0 Å². The predicted octanol–water partition coefficient (Wildman–Crippen LogP) is 1.61. The average Bonchev–Trinajstić information content (AvgIpc) is 3.01. The number of carbonyl (C=O) groups is 1. The van der Waals surface area contributed by atoms with Crippen molar-refractivity contribution >= 4 is 5.91 Å². The second-order valence-electron chi connectivity index (χ2n) is 6.46. The minimum atomic E-state index is 0.0901. The van der Waals surface area contributed by atoms with Crippen LogP contribution >= 0.6 is 0 Å². The summed E-state index contributed by atoms with van der Waals surface area (Å²) in [7, 11) is 1.57. The lowest BCUT2D eigenvalue weighted by Crippen LogP contribution is -2.37. The lowest BCUT2D eigenvalue weighted by atomic mass is 10.1. The van der Waals surface area contributed by atoms with Crippen LogP contribution in [0, 0.1) is 0 Å². The monoisotopic (exact) mass is 342 g/mol. The fraction of sp³-hybridized carbons (Fsp3) is 0.474. The summed E-state index contributed by atoms with van der Waals surface area (Å²) in [6.07, 6.45) is 4.78. The SMILES string of the molecule is COCC(=O)N1CCCN(Cc2ccc(Cn3cccn3)cc2)CC1. The quantitative estimate of drug-likeness (QED) is 0.800. The molecule has 1 aliphatic rings. The van der Waals surface area contributed by atoms with Gasteiger partial charge in [-0.3, -0.25) is 14.4 Å². The number of amides is 1. The molecule has 0 saturated carbocycles. The van der Waals surface area contributed by atoms with Crippen molar-refractivity contribution in [2.75, 3.05) is 39.9 Å². The Kier molecular flexibility index (Phi) is 6.19. The van der Waals surface area contributed by atoms with Gasteiger partial charge in [0.15, 0.2) is 0 Å². The first-order chi connectivity index (χ1) is 12.2. The van der Waals surface area contributed by atoms with Crippen LogP contribution < -0.4 is 0 Å². The van der Waals surface area contributed by atoms with Gasteiger partial charge in [0, 0.05) is 52.2 Å². The van der Waals surface area contributed by atoms with Crippen LogP contribution in [0.5, 0.6) is 0 Å². The van der Waals surface area contributed by atoms with Crippen molar-refractivity contribution < 1.29 is 9.53 Å². The van der Waals surface area contributed by atoms with Crippen LogP contribution in [-0.4, -0.2) is 65.4 Å². The molecule has 0 atom stereocenters. The van der Waals surface area contributed by atoms with Gasteiger partial charge < -0.3 is 9.64 Å². The molecule has 134 valence electrons. The van der Waals surface area contributed by atoms with Gasteiger partial charge in [0.25, 0.3) is 0 Å². The van der Waals surface area contributed by atoms with Crippen LogP contribution in [0.25, 0.3) is 0 Å². The second-order valence-corrected chi connectivity index (χ2v) is 6.46. The maximum atomic E-state index is 12.0. The third-order valence-electron chi connectivity index (χ3n) is 4.54. The lowest BCUT2D eigenvalue weighted by molar-refractivity contribution is -0.135. The molecular weight excluding hydrogens is 316 g/mol. The molecule has 1 aliphatic heterocycles. The van der Waals surface area contributed by atoms with Crippen LogP contribution in [0.3, 0.4) is 0 Å². The van der Waals surface area contributed by atoms with Gasteiger partial charge in [-0.05, 0) is 23.6 Å². The Hall–Kier alpha value is -2.18. The standard InChI is InChI=1S/C19H26N4O2/c1-25-16-19(24)22-10-3-9-21(12-13-22)14-17-4-6-18(7-5-17)15-23-11-2-8-20-23/h2,4-8,11H,3,9-10,12-16H2,1H3. The van der Waals surface area contributed by atoms with Crippen LogP contribution in [0.1, 0.15) is 17.5 Å². The molecule has 1 aromatic heterocycles. The van der Waals surface area contributed by atoms with E-state index >= 15 is 0 Å². The van der Waals surface area contributed by atoms with Crippen molar-refractivity contribution in [2.24, 2.45) is 0 Å². The maximum absolute atomic E-state index is 12.0. The topological polar surface area (TPSA) is 50.6 Å². The molecule has 1 amide bonds. The molecule has 0 unspecified atom stereocenters. The summed E-state index contributed by atoms with van der Waals surface area (Å²) in [5.41, 5.74) is 2.56. The first-order valence-corrected chi connectivity index (χ1v) is 8.79. The molecule has 6 heteroatoms. The third-order valence-corrected chi connectivity index (χ3v) is 4.54. The highest BCUT2D eigenvalue weighted by Crippen LogP contribution is 2.11. The summed E-state index contributed by atoms with van der Waals surface area (Å²) in [6.45, 7) is 5.43. The van der Waals surface area contributed by atoms with E-state index in [0.717, 1.165) is 45.7 Å². The van der Waals surface area contributed by atoms with Crippen molar-refractivity contribution in [2.45, 2.75) is 19.5 Å². The van der Waals surface area contributed by atoms with E-state index < -0.39 is 0 Å². The molecular formula is C19H26N4O2. The fourth-order valence-corrected chi connectivity index (χ4v) is 3.18. The molecule has 0 radical (unpaired) electrons. The van der Waals surface area contributed by atoms with Gasteiger partial charge in [-0.1, -0.05) is 24.3 Å². The first-order valence-electron chi connectivity index (χ1n) is 8.79. The van der Waals surface area contributed by atoms with Gasteiger partial charge in [-0.25, -0.2) is 0 Å². The van der Waals surface area contributed by atoms with E-state index in [-0.39, 0.29) is 12.5 Å². The molecule has 2 heterocycles. The second kappa shape index (κ2) is 8.78. The Bertz CT molecular complexity index is 655. The Labute approximate surface area is 149 Å². The number of methoxy groups -OCH3 is 1. The van der Waals surface area contributed by atoms with Gasteiger partial charge in [0.2, 0.25) is 5.91 Å². The lowest BCUT2D eigenvalue weighted by Gasteiger charge is -2.22. The molecule has 0 N–H and O–H groups in total. The van der Waals surface area contributed by atoms with Crippen molar-refractivity contribution in [3.05, 3.63) is 53.9 Å². The van der Waals surface area contributed by atoms with Gasteiger partial charge >= 0.3 is 0 Å².